The summed E-state index contributed by atoms with van der Waals surface area (Å²) in [6, 6.07) is 8.91. The van der Waals surface area contributed by atoms with Crippen LogP contribution in [-0.4, -0.2) is 46.5 Å². The third-order valence-electron chi connectivity index (χ3n) is 4.63. The zero-order chi connectivity index (χ0) is 17.2. The molecule has 1 aromatic carbocycles. The van der Waals surface area contributed by atoms with Crippen molar-refractivity contribution in [1.29, 1.82) is 0 Å². The molecular weight excluding hydrogens is 310 g/mol. The fourth-order valence-electron chi connectivity index (χ4n) is 2.95. The van der Waals surface area contributed by atoms with Crippen molar-refractivity contribution in [2.24, 2.45) is 5.92 Å². The number of aliphatic carboxylic acids is 1. The largest absolute Gasteiger partial charge is 0.480 e. The molecule has 2 aliphatic rings. The lowest BCUT2D eigenvalue weighted by Crippen LogP contribution is -2.51. The maximum Gasteiger partial charge on any atom is 0.329 e. The van der Waals surface area contributed by atoms with Gasteiger partial charge >= 0.3 is 12.0 Å². The van der Waals surface area contributed by atoms with Crippen molar-refractivity contribution in [1.82, 2.24) is 10.2 Å². The van der Waals surface area contributed by atoms with E-state index in [1.165, 1.54) is 0 Å². The Kier molecular flexibility index (Phi) is 4.42. The molecule has 7 heteroatoms. The normalized spacial score (nSPS) is 21.7. The van der Waals surface area contributed by atoms with Gasteiger partial charge in [0.05, 0.1) is 5.92 Å². The minimum Gasteiger partial charge on any atom is -0.480 e. The Bertz CT molecular complexity index is 642. The molecule has 1 atom stereocenters. The second kappa shape index (κ2) is 6.51. The highest BCUT2D eigenvalue weighted by Crippen LogP contribution is 2.36. The van der Waals surface area contributed by atoms with Crippen LogP contribution in [0.15, 0.2) is 30.3 Å². The van der Waals surface area contributed by atoms with E-state index in [2.05, 4.69) is 10.6 Å². The van der Waals surface area contributed by atoms with Gasteiger partial charge in [-0.25, -0.2) is 9.59 Å². The summed E-state index contributed by atoms with van der Waals surface area (Å²) in [6.07, 6.45) is 2.33. The molecule has 3 rings (SSSR count). The highest BCUT2D eigenvalue weighted by atomic mass is 16.4. The van der Waals surface area contributed by atoms with E-state index in [9.17, 15) is 14.4 Å². The Balaban J connectivity index is 1.57. The summed E-state index contributed by atoms with van der Waals surface area (Å²) in [4.78, 5) is 37.5. The predicted molar refractivity (Wildman–Crippen MR) is 87.5 cm³/mol. The Labute approximate surface area is 140 Å². The summed E-state index contributed by atoms with van der Waals surface area (Å²) >= 11 is 0. The third-order valence-corrected chi connectivity index (χ3v) is 4.63. The monoisotopic (exact) mass is 331 g/mol. The second-order valence-electron chi connectivity index (χ2n) is 6.46. The van der Waals surface area contributed by atoms with Gasteiger partial charge in [-0.05, 0) is 37.8 Å². The van der Waals surface area contributed by atoms with Crippen molar-refractivity contribution in [3.63, 3.8) is 0 Å². The molecule has 1 saturated carbocycles. The number of urea groups is 1. The number of hydrogen-bond donors (Lipinski definition) is 3. The number of carbonyl (C=O) groups excluding carboxylic acids is 2. The second-order valence-corrected chi connectivity index (χ2v) is 6.46. The molecule has 0 spiro atoms. The molecular formula is C17H21N3O4. The SMILES string of the molecule is O=C(NC1(C(=O)O)CC1)C1CCCN(C(=O)Nc2ccccc2)C1. The van der Waals surface area contributed by atoms with E-state index in [1.54, 1.807) is 17.0 Å². The first kappa shape index (κ1) is 16.3. The average molecular weight is 331 g/mol. The van der Waals surface area contributed by atoms with Crippen molar-refractivity contribution in [2.45, 2.75) is 31.2 Å². The van der Waals surface area contributed by atoms with Gasteiger partial charge in [-0.15, -0.1) is 0 Å². The molecule has 1 aliphatic heterocycles. The van der Waals surface area contributed by atoms with E-state index >= 15 is 0 Å². The number of carboxylic acid groups (broad SMARTS) is 1. The zero-order valence-corrected chi connectivity index (χ0v) is 13.3. The van der Waals surface area contributed by atoms with E-state index in [0.29, 0.717) is 38.0 Å². The summed E-state index contributed by atoms with van der Waals surface area (Å²) in [6.45, 7) is 0.896. The van der Waals surface area contributed by atoms with Crippen molar-refractivity contribution in [3.05, 3.63) is 30.3 Å². The fraction of sp³-hybridized carbons (Fsp3) is 0.471. The highest BCUT2D eigenvalue weighted by Gasteiger charge is 2.52. The molecule has 24 heavy (non-hydrogen) atoms. The minimum absolute atomic E-state index is 0.238. The number of nitrogens with one attached hydrogen (secondary N) is 2. The predicted octanol–water partition coefficient (Wildman–Crippen LogP) is 1.66. The molecule has 1 aliphatic carbocycles. The van der Waals surface area contributed by atoms with Crippen molar-refractivity contribution in [2.75, 3.05) is 18.4 Å². The van der Waals surface area contributed by atoms with Crippen LogP contribution < -0.4 is 10.6 Å². The molecule has 1 heterocycles. The Morgan fingerprint density at radius 2 is 1.88 bits per heavy atom. The van der Waals surface area contributed by atoms with Gasteiger partial charge in [-0.1, -0.05) is 18.2 Å². The number of carbonyl (C=O) groups is 3. The first-order valence-corrected chi connectivity index (χ1v) is 8.17. The quantitative estimate of drug-likeness (QED) is 0.781. The van der Waals surface area contributed by atoms with E-state index in [1.807, 2.05) is 18.2 Å². The number of carboxylic acids is 1. The molecule has 2 fully saturated rings. The van der Waals surface area contributed by atoms with Gasteiger partial charge in [-0.2, -0.15) is 0 Å². The van der Waals surface area contributed by atoms with Crippen LogP contribution in [0.1, 0.15) is 25.7 Å². The summed E-state index contributed by atoms with van der Waals surface area (Å²) in [5, 5.41) is 14.6. The number of benzene rings is 1. The number of para-hydroxylation sites is 1. The summed E-state index contributed by atoms with van der Waals surface area (Å²) in [5.41, 5.74) is -0.372. The van der Waals surface area contributed by atoms with Crippen molar-refractivity contribution >= 4 is 23.6 Å². The molecule has 0 radical (unpaired) electrons. The first-order chi connectivity index (χ1) is 11.5. The number of anilines is 1. The lowest BCUT2D eigenvalue weighted by Gasteiger charge is -2.32. The minimum atomic E-state index is -1.08. The molecule has 3 amide bonds. The van der Waals surface area contributed by atoms with Crippen LogP contribution in [0.4, 0.5) is 10.5 Å². The van der Waals surface area contributed by atoms with Crippen LogP contribution in [-0.2, 0) is 9.59 Å². The van der Waals surface area contributed by atoms with E-state index in [4.69, 9.17) is 5.11 Å². The van der Waals surface area contributed by atoms with Crippen molar-refractivity contribution < 1.29 is 19.5 Å². The van der Waals surface area contributed by atoms with Crippen LogP contribution in [0.3, 0.4) is 0 Å². The van der Waals surface area contributed by atoms with Gasteiger partial charge in [0, 0.05) is 18.8 Å². The van der Waals surface area contributed by atoms with E-state index < -0.39 is 11.5 Å². The van der Waals surface area contributed by atoms with Crippen LogP contribution in [0.25, 0.3) is 0 Å². The summed E-state index contributed by atoms with van der Waals surface area (Å²) in [7, 11) is 0. The fourth-order valence-corrected chi connectivity index (χ4v) is 2.95. The molecule has 1 saturated heterocycles. The lowest BCUT2D eigenvalue weighted by molar-refractivity contribution is -0.144. The van der Waals surface area contributed by atoms with Gasteiger partial charge < -0.3 is 20.6 Å². The average Bonchev–Trinajstić information content (AvgIpc) is 3.37. The number of likely N-dealkylation sites (tertiary alicyclic amines) is 1. The molecule has 3 N–H and O–H groups in total. The maximum atomic E-state index is 12.4. The number of amides is 3. The topological polar surface area (TPSA) is 98.7 Å². The Hall–Kier alpha value is -2.57. The zero-order valence-electron chi connectivity index (χ0n) is 13.3. The van der Waals surface area contributed by atoms with Gasteiger partial charge in [0.25, 0.3) is 0 Å². The van der Waals surface area contributed by atoms with Crippen LogP contribution in [0.5, 0.6) is 0 Å². The molecule has 128 valence electrons. The number of rotatable bonds is 4. The van der Waals surface area contributed by atoms with E-state index in [0.717, 1.165) is 6.42 Å². The Morgan fingerprint density at radius 3 is 2.50 bits per heavy atom. The summed E-state index contributed by atoms with van der Waals surface area (Å²) in [5.74, 6) is -1.62. The van der Waals surface area contributed by atoms with Gasteiger partial charge in [-0.3, -0.25) is 4.79 Å². The molecule has 1 unspecified atom stereocenters. The first-order valence-electron chi connectivity index (χ1n) is 8.17. The Morgan fingerprint density at radius 1 is 1.17 bits per heavy atom. The van der Waals surface area contributed by atoms with Gasteiger partial charge in [0.15, 0.2) is 0 Å². The standard InChI is InChI=1S/C17H21N3O4/c21-14(19-17(8-9-17)15(22)23)12-5-4-10-20(11-12)16(24)18-13-6-2-1-3-7-13/h1-3,6-7,12H,4-5,8-11H2,(H,18,24)(H,19,21)(H,22,23). The van der Waals surface area contributed by atoms with Crippen molar-refractivity contribution in [3.8, 4) is 0 Å². The maximum absolute atomic E-state index is 12.4. The number of hydrogen-bond acceptors (Lipinski definition) is 3. The van der Waals surface area contributed by atoms with Gasteiger partial charge in [0.2, 0.25) is 5.91 Å². The smallest absolute Gasteiger partial charge is 0.329 e. The van der Waals surface area contributed by atoms with Gasteiger partial charge in [0.1, 0.15) is 5.54 Å². The van der Waals surface area contributed by atoms with Crippen LogP contribution >= 0.6 is 0 Å². The highest BCUT2D eigenvalue weighted by molar-refractivity contribution is 5.92. The summed E-state index contributed by atoms with van der Waals surface area (Å²) < 4.78 is 0. The van der Waals surface area contributed by atoms with E-state index in [-0.39, 0.29) is 17.9 Å². The molecule has 0 bridgehead atoms. The lowest BCUT2D eigenvalue weighted by atomic mass is 9.97. The van der Waals surface area contributed by atoms with Crippen LogP contribution in [0.2, 0.25) is 0 Å². The molecule has 0 aromatic heterocycles. The number of nitrogens with zero attached hydrogens (tertiary/aromatic N) is 1. The molecule has 7 nitrogen and oxygen atoms in total. The third kappa shape index (κ3) is 3.50. The number of piperidine rings is 1. The van der Waals surface area contributed by atoms with Crippen LogP contribution in [0, 0.1) is 5.92 Å². The molecule has 1 aromatic rings.